The van der Waals surface area contributed by atoms with E-state index < -0.39 is 21.6 Å². The quantitative estimate of drug-likeness (QED) is 0.473. The molecule has 0 spiro atoms. The number of fused-ring (bicyclic) bond motifs is 1. The Bertz CT molecular complexity index is 1210. The third-order valence-corrected chi connectivity index (χ3v) is 7.92. The van der Waals surface area contributed by atoms with E-state index in [1.54, 1.807) is 18.2 Å². The van der Waals surface area contributed by atoms with Crippen LogP contribution in [-0.2, 0) is 21.2 Å². The van der Waals surface area contributed by atoms with Crippen LogP contribution in [0.2, 0.25) is 0 Å². The molecular weight excluding hydrogens is 436 g/mol. The topological polar surface area (TPSA) is 95.5 Å². The molecule has 1 aliphatic rings. The molecule has 0 aliphatic heterocycles. The van der Waals surface area contributed by atoms with Crippen LogP contribution in [0.15, 0.2) is 77.7 Å². The number of hydrogen-bond donors (Lipinski definition) is 3. The predicted octanol–water partition coefficient (Wildman–Crippen LogP) is 3.54. The molecule has 0 radical (unpaired) electrons. The maximum Gasteiger partial charge on any atom is 0.241 e. The summed E-state index contributed by atoms with van der Waals surface area (Å²) >= 11 is 0. The molecule has 1 aliphatic carbocycles. The molecule has 0 unspecified atom stereocenters. The van der Waals surface area contributed by atoms with E-state index in [2.05, 4.69) is 10.0 Å². The molecular formula is C26H30N2O4S. The maximum atomic E-state index is 13.5. The zero-order chi connectivity index (χ0) is 23.3. The fraction of sp³-hybridized carbons (Fsp3) is 0.346. The summed E-state index contributed by atoms with van der Waals surface area (Å²) in [5.74, 6) is -0.374. The molecule has 1 saturated carbocycles. The largest absolute Gasteiger partial charge is 0.394 e. The Kier molecular flexibility index (Phi) is 7.12. The van der Waals surface area contributed by atoms with Gasteiger partial charge in [0.2, 0.25) is 15.9 Å². The average Bonchev–Trinajstić information content (AvgIpc) is 2.84. The molecule has 3 N–H and O–H groups in total. The van der Waals surface area contributed by atoms with Crippen LogP contribution in [0.5, 0.6) is 0 Å². The lowest BCUT2D eigenvalue weighted by Gasteiger charge is -2.37. The van der Waals surface area contributed by atoms with Crippen LogP contribution in [0.1, 0.15) is 37.7 Å². The van der Waals surface area contributed by atoms with Crippen LogP contribution in [0, 0.1) is 0 Å². The summed E-state index contributed by atoms with van der Waals surface area (Å²) in [6.07, 6.45) is 3.80. The summed E-state index contributed by atoms with van der Waals surface area (Å²) in [5, 5.41) is 14.6. The number of sulfonamides is 1. The smallest absolute Gasteiger partial charge is 0.241 e. The second-order valence-corrected chi connectivity index (χ2v) is 10.5. The second-order valence-electron chi connectivity index (χ2n) is 8.80. The Hall–Kier alpha value is -2.74. The van der Waals surface area contributed by atoms with Crippen molar-refractivity contribution in [2.45, 2.75) is 55.0 Å². The monoisotopic (exact) mass is 466 g/mol. The van der Waals surface area contributed by atoms with Gasteiger partial charge in [-0.2, -0.15) is 4.72 Å². The van der Waals surface area contributed by atoms with E-state index in [9.17, 15) is 18.3 Å². The summed E-state index contributed by atoms with van der Waals surface area (Å²) in [7, 11) is -3.93. The van der Waals surface area contributed by atoms with E-state index in [1.807, 2.05) is 54.6 Å². The van der Waals surface area contributed by atoms with Gasteiger partial charge in [0.15, 0.2) is 0 Å². The number of carbonyl (C=O) groups is 1. The van der Waals surface area contributed by atoms with Gasteiger partial charge in [0.25, 0.3) is 0 Å². The summed E-state index contributed by atoms with van der Waals surface area (Å²) < 4.78 is 29.5. The van der Waals surface area contributed by atoms with Gasteiger partial charge >= 0.3 is 0 Å². The first-order valence-corrected chi connectivity index (χ1v) is 12.9. The van der Waals surface area contributed by atoms with Crippen molar-refractivity contribution >= 4 is 26.7 Å². The van der Waals surface area contributed by atoms with Gasteiger partial charge in [0.05, 0.1) is 17.5 Å². The maximum absolute atomic E-state index is 13.5. The van der Waals surface area contributed by atoms with Crippen LogP contribution < -0.4 is 10.0 Å². The number of rotatable bonds is 8. The summed E-state index contributed by atoms with van der Waals surface area (Å²) in [5.41, 5.74) is -0.237. The number of carbonyl (C=O) groups excluding carboxylic acids is 1. The molecule has 3 aromatic carbocycles. The minimum atomic E-state index is -3.93. The molecule has 1 amide bonds. The molecule has 174 valence electrons. The number of aliphatic hydroxyl groups is 1. The van der Waals surface area contributed by atoms with E-state index in [0.717, 1.165) is 35.6 Å². The molecule has 3 aromatic rings. The Morgan fingerprint density at radius 1 is 0.909 bits per heavy atom. The number of hydrogen-bond acceptors (Lipinski definition) is 4. The van der Waals surface area contributed by atoms with Crippen LogP contribution in [0.3, 0.4) is 0 Å². The molecule has 4 rings (SSSR count). The van der Waals surface area contributed by atoms with Gasteiger partial charge in [-0.1, -0.05) is 79.9 Å². The van der Waals surface area contributed by atoms with Gasteiger partial charge in [-0.05, 0) is 47.7 Å². The normalized spacial score (nSPS) is 16.9. The van der Waals surface area contributed by atoms with Crippen molar-refractivity contribution in [3.05, 3.63) is 78.4 Å². The fourth-order valence-electron chi connectivity index (χ4n) is 4.56. The molecule has 0 heterocycles. The van der Waals surface area contributed by atoms with Gasteiger partial charge in [-0.3, -0.25) is 4.79 Å². The Labute approximate surface area is 195 Å². The second kappa shape index (κ2) is 10.0. The number of amides is 1. The van der Waals surface area contributed by atoms with Crippen LogP contribution in [-0.4, -0.2) is 37.6 Å². The van der Waals surface area contributed by atoms with Crippen LogP contribution >= 0.6 is 0 Å². The molecule has 0 bridgehead atoms. The van der Waals surface area contributed by atoms with Crippen molar-refractivity contribution in [3.8, 4) is 0 Å². The third kappa shape index (κ3) is 5.43. The van der Waals surface area contributed by atoms with Crippen molar-refractivity contribution in [2.75, 3.05) is 6.61 Å². The van der Waals surface area contributed by atoms with Gasteiger partial charge in [-0.15, -0.1) is 0 Å². The van der Waals surface area contributed by atoms with Crippen molar-refractivity contribution in [3.63, 3.8) is 0 Å². The molecule has 33 heavy (non-hydrogen) atoms. The Balaban J connectivity index is 1.57. The van der Waals surface area contributed by atoms with Crippen molar-refractivity contribution in [1.29, 1.82) is 0 Å². The van der Waals surface area contributed by atoms with Crippen LogP contribution in [0.25, 0.3) is 10.8 Å². The molecule has 0 aromatic heterocycles. The zero-order valence-electron chi connectivity index (χ0n) is 18.5. The van der Waals surface area contributed by atoms with E-state index >= 15 is 0 Å². The minimum Gasteiger partial charge on any atom is -0.394 e. The number of benzene rings is 3. The Morgan fingerprint density at radius 2 is 1.58 bits per heavy atom. The number of nitrogens with one attached hydrogen (secondary N) is 2. The summed E-state index contributed by atoms with van der Waals surface area (Å²) in [6, 6.07) is 21.7. The third-order valence-electron chi connectivity index (χ3n) is 6.38. The molecule has 6 nitrogen and oxygen atoms in total. The first-order chi connectivity index (χ1) is 15.9. The van der Waals surface area contributed by atoms with Gasteiger partial charge in [0, 0.05) is 0 Å². The van der Waals surface area contributed by atoms with Crippen molar-refractivity contribution in [1.82, 2.24) is 10.0 Å². The van der Waals surface area contributed by atoms with Crippen molar-refractivity contribution < 1.29 is 18.3 Å². The van der Waals surface area contributed by atoms with Crippen molar-refractivity contribution in [2.24, 2.45) is 0 Å². The molecule has 1 fully saturated rings. The number of aliphatic hydroxyl groups excluding tert-OH is 1. The lowest BCUT2D eigenvalue weighted by atomic mass is 9.81. The first-order valence-electron chi connectivity index (χ1n) is 11.4. The van der Waals surface area contributed by atoms with Gasteiger partial charge < -0.3 is 10.4 Å². The minimum absolute atomic E-state index is 0.141. The highest BCUT2D eigenvalue weighted by atomic mass is 32.2. The fourth-order valence-corrected chi connectivity index (χ4v) is 6.02. The van der Waals surface area contributed by atoms with E-state index in [4.69, 9.17) is 0 Å². The van der Waals surface area contributed by atoms with Gasteiger partial charge in [-0.25, -0.2) is 8.42 Å². The molecule has 7 heteroatoms. The standard InChI is InChI=1S/C26H30N2O4S/c29-19-23(17-20-9-3-1-4-10-20)27-25(30)26(15-7-2-8-16-26)28-33(31,32)24-14-13-21-11-5-6-12-22(21)18-24/h1,3-6,9-14,18,23,28-29H,2,7-8,15-17,19H2,(H,27,30)/t23-/m0/s1. The average molecular weight is 467 g/mol. The Morgan fingerprint density at radius 3 is 2.27 bits per heavy atom. The van der Waals surface area contributed by atoms with E-state index in [0.29, 0.717) is 19.3 Å². The lowest BCUT2D eigenvalue weighted by molar-refractivity contribution is -0.129. The highest BCUT2D eigenvalue weighted by Crippen LogP contribution is 2.31. The molecule has 0 saturated heterocycles. The molecule has 1 atom stereocenters. The van der Waals surface area contributed by atoms with E-state index in [1.165, 1.54) is 0 Å². The highest BCUT2D eigenvalue weighted by molar-refractivity contribution is 7.89. The predicted molar refractivity (Wildman–Crippen MR) is 129 cm³/mol. The lowest BCUT2D eigenvalue weighted by Crippen LogP contribution is -2.61. The highest BCUT2D eigenvalue weighted by Gasteiger charge is 2.43. The summed E-state index contributed by atoms with van der Waals surface area (Å²) in [6.45, 7) is -0.228. The summed E-state index contributed by atoms with van der Waals surface area (Å²) in [4.78, 5) is 13.6. The SMILES string of the molecule is O=C(N[C@H](CO)Cc1ccccc1)C1(NS(=O)(=O)c2ccc3ccccc3c2)CCCCC1. The van der Waals surface area contributed by atoms with E-state index in [-0.39, 0.29) is 17.4 Å². The van der Waals surface area contributed by atoms with Crippen LogP contribution in [0.4, 0.5) is 0 Å². The first kappa shape index (κ1) is 23.4. The zero-order valence-corrected chi connectivity index (χ0v) is 19.4. The van der Waals surface area contributed by atoms with Gasteiger partial charge in [0.1, 0.15) is 5.54 Å².